The molecule has 0 radical (unpaired) electrons. The predicted octanol–water partition coefficient (Wildman–Crippen LogP) is 2.12. The van der Waals surface area contributed by atoms with Crippen molar-refractivity contribution in [3.63, 3.8) is 0 Å². The molecule has 2 rings (SSSR count). The van der Waals surface area contributed by atoms with Crippen LogP contribution in [0.2, 0.25) is 0 Å². The Morgan fingerprint density at radius 2 is 2.29 bits per heavy atom. The molecule has 0 fully saturated rings. The van der Waals surface area contributed by atoms with Gasteiger partial charge in [-0.15, -0.1) is 11.3 Å². The maximum Gasteiger partial charge on any atom is 0.253 e. The number of amides is 1. The van der Waals surface area contributed by atoms with Crippen LogP contribution in [0.15, 0.2) is 29.8 Å². The van der Waals surface area contributed by atoms with Crippen LogP contribution in [-0.4, -0.2) is 22.6 Å². The highest BCUT2D eigenvalue weighted by Crippen LogP contribution is 2.15. The first kappa shape index (κ1) is 15.2. The second-order valence-electron chi connectivity index (χ2n) is 4.40. The molecular weight excluding hydrogens is 284 g/mol. The van der Waals surface area contributed by atoms with E-state index in [1.165, 1.54) is 0 Å². The summed E-state index contributed by atoms with van der Waals surface area (Å²) in [6.07, 6.45) is 2.03. The van der Waals surface area contributed by atoms with Gasteiger partial charge in [0.05, 0.1) is 18.7 Å². The van der Waals surface area contributed by atoms with E-state index in [0.29, 0.717) is 18.5 Å². The maximum absolute atomic E-state index is 12.0. The molecule has 0 bridgehead atoms. The van der Waals surface area contributed by atoms with Gasteiger partial charge in [-0.3, -0.25) is 9.78 Å². The lowest BCUT2D eigenvalue weighted by Crippen LogP contribution is -2.22. The van der Waals surface area contributed by atoms with Gasteiger partial charge in [-0.25, -0.2) is 0 Å². The lowest BCUT2D eigenvalue weighted by Gasteiger charge is -2.04. The molecule has 0 aromatic carbocycles. The summed E-state index contributed by atoms with van der Waals surface area (Å²) in [6.45, 7) is 2.38. The molecule has 0 atom stereocenters. The van der Waals surface area contributed by atoms with E-state index in [1.807, 2.05) is 24.4 Å². The Balaban J connectivity index is 1.97. The number of aryl methyl sites for hydroxylation is 1. The number of carbonyl (C=O) groups excluding carboxylic acids is 1. The summed E-state index contributed by atoms with van der Waals surface area (Å²) < 4.78 is 0. The van der Waals surface area contributed by atoms with Crippen molar-refractivity contribution < 1.29 is 9.90 Å². The van der Waals surface area contributed by atoms with Crippen LogP contribution in [0, 0.1) is 18.8 Å². The van der Waals surface area contributed by atoms with Crippen LogP contribution in [0.4, 0.5) is 0 Å². The molecule has 4 nitrogen and oxygen atoms in total. The molecule has 0 aliphatic rings. The van der Waals surface area contributed by atoms with Gasteiger partial charge in [-0.1, -0.05) is 11.8 Å². The smallest absolute Gasteiger partial charge is 0.253 e. The fourth-order valence-corrected chi connectivity index (χ4v) is 2.44. The van der Waals surface area contributed by atoms with Gasteiger partial charge >= 0.3 is 0 Å². The van der Waals surface area contributed by atoms with Crippen LogP contribution in [0.3, 0.4) is 0 Å². The minimum atomic E-state index is -0.148. The number of nitrogens with zero attached hydrogens (tertiary/aromatic N) is 1. The van der Waals surface area contributed by atoms with Gasteiger partial charge in [0.25, 0.3) is 5.91 Å². The third kappa shape index (κ3) is 4.42. The Kier molecular flexibility index (Phi) is 5.50. The van der Waals surface area contributed by atoms with Gasteiger partial charge in [0, 0.05) is 28.8 Å². The molecule has 0 spiro atoms. The summed E-state index contributed by atoms with van der Waals surface area (Å²) in [7, 11) is 0. The fraction of sp³-hybridized carbons (Fsp3) is 0.250. The minimum absolute atomic E-state index is 0.0592. The van der Waals surface area contributed by atoms with Crippen LogP contribution < -0.4 is 5.32 Å². The highest BCUT2D eigenvalue weighted by molar-refractivity contribution is 7.10. The molecule has 21 heavy (non-hydrogen) atoms. The van der Waals surface area contributed by atoms with Crippen molar-refractivity contribution in [1.29, 1.82) is 0 Å². The molecule has 0 saturated carbocycles. The van der Waals surface area contributed by atoms with Crippen molar-refractivity contribution in [3.8, 4) is 11.8 Å². The number of aliphatic hydroxyl groups is 1. The van der Waals surface area contributed by atoms with Crippen molar-refractivity contribution in [2.24, 2.45) is 0 Å². The standard InChI is InChI=1S/C16H16N2O2S/c1-12-5-6-14(10-17-12)16(20)18-11-15-13(7-9-21-15)4-2-3-8-19/h5-7,9-10,19H,3,8,11H2,1H3,(H,18,20). The van der Waals surface area contributed by atoms with E-state index < -0.39 is 0 Å². The number of pyridine rings is 1. The lowest BCUT2D eigenvalue weighted by molar-refractivity contribution is 0.0951. The Hall–Kier alpha value is -2.16. The van der Waals surface area contributed by atoms with Crippen molar-refractivity contribution in [2.45, 2.75) is 19.9 Å². The summed E-state index contributed by atoms with van der Waals surface area (Å²) in [5.74, 6) is 5.74. The lowest BCUT2D eigenvalue weighted by atomic mass is 10.2. The van der Waals surface area contributed by atoms with Gasteiger partial charge in [0.15, 0.2) is 0 Å². The molecule has 2 heterocycles. The topological polar surface area (TPSA) is 62.2 Å². The fourth-order valence-electron chi connectivity index (χ4n) is 1.67. The third-order valence-electron chi connectivity index (χ3n) is 2.79. The number of aromatic nitrogens is 1. The van der Waals surface area contributed by atoms with E-state index >= 15 is 0 Å². The SMILES string of the molecule is Cc1ccc(C(=O)NCc2sccc2C#CCCO)cn1. The molecule has 2 aromatic rings. The zero-order valence-electron chi connectivity index (χ0n) is 11.7. The Morgan fingerprint density at radius 1 is 1.43 bits per heavy atom. The minimum Gasteiger partial charge on any atom is -0.395 e. The highest BCUT2D eigenvalue weighted by atomic mass is 32.1. The van der Waals surface area contributed by atoms with E-state index in [2.05, 4.69) is 22.1 Å². The first-order chi connectivity index (χ1) is 10.2. The first-order valence-electron chi connectivity index (χ1n) is 6.57. The number of hydrogen-bond donors (Lipinski definition) is 2. The average Bonchev–Trinajstić information content (AvgIpc) is 2.93. The van der Waals surface area contributed by atoms with Crippen molar-refractivity contribution >= 4 is 17.2 Å². The summed E-state index contributed by atoms with van der Waals surface area (Å²) in [5.41, 5.74) is 2.33. The molecule has 0 aliphatic carbocycles. The van der Waals surface area contributed by atoms with E-state index in [1.54, 1.807) is 23.6 Å². The predicted molar refractivity (Wildman–Crippen MR) is 83.0 cm³/mol. The molecule has 0 saturated heterocycles. The summed E-state index contributed by atoms with van der Waals surface area (Å²) in [5, 5.41) is 13.5. The van der Waals surface area contributed by atoms with E-state index in [9.17, 15) is 4.79 Å². The molecular formula is C16H16N2O2S. The van der Waals surface area contributed by atoms with E-state index in [4.69, 9.17) is 5.11 Å². The van der Waals surface area contributed by atoms with Crippen LogP contribution in [-0.2, 0) is 6.54 Å². The quantitative estimate of drug-likeness (QED) is 0.850. The van der Waals surface area contributed by atoms with Crippen molar-refractivity contribution in [2.75, 3.05) is 6.61 Å². The highest BCUT2D eigenvalue weighted by Gasteiger charge is 2.07. The van der Waals surface area contributed by atoms with Gasteiger partial charge in [0.2, 0.25) is 0 Å². The molecule has 2 aromatic heterocycles. The largest absolute Gasteiger partial charge is 0.395 e. The molecule has 0 unspecified atom stereocenters. The first-order valence-corrected chi connectivity index (χ1v) is 7.45. The van der Waals surface area contributed by atoms with Crippen molar-refractivity contribution in [1.82, 2.24) is 10.3 Å². The normalized spacial score (nSPS) is 9.81. The number of carbonyl (C=O) groups is 1. The van der Waals surface area contributed by atoms with Crippen molar-refractivity contribution in [3.05, 3.63) is 51.5 Å². The zero-order valence-corrected chi connectivity index (χ0v) is 12.5. The van der Waals surface area contributed by atoms with Gasteiger partial charge in [-0.2, -0.15) is 0 Å². The van der Waals surface area contributed by atoms with E-state index in [-0.39, 0.29) is 12.5 Å². The van der Waals surface area contributed by atoms with Gasteiger partial charge < -0.3 is 10.4 Å². The van der Waals surface area contributed by atoms with Crippen LogP contribution in [0.5, 0.6) is 0 Å². The monoisotopic (exact) mass is 300 g/mol. The Morgan fingerprint density at radius 3 is 3.00 bits per heavy atom. The Bertz CT molecular complexity index is 666. The summed E-state index contributed by atoms with van der Waals surface area (Å²) in [6, 6.07) is 5.49. The Labute approximate surface area is 127 Å². The molecule has 0 aliphatic heterocycles. The van der Waals surface area contributed by atoms with Gasteiger partial charge in [0.1, 0.15) is 0 Å². The second kappa shape index (κ2) is 7.58. The number of nitrogens with one attached hydrogen (secondary N) is 1. The number of aliphatic hydroxyl groups excluding tert-OH is 1. The second-order valence-corrected chi connectivity index (χ2v) is 5.40. The molecule has 108 valence electrons. The summed E-state index contributed by atoms with van der Waals surface area (Å²) in [4.78, 5) is 17.1. The van der Waals surface area contributed by atoms with Crippen LogP contribution in [0.25, 0.3) is 0 Å². The maximum atomic E-state index is 12.0. The number of rotatable bonds is 4. The summed E-state index contributed by atoms with van der Waals surface area (Å²) >= 11 is 1.55. The van der Waals surface area contributed by atoms with Crippen LogP contribution >= 0.6 is 11.3 Å². The zero-order chi connectivity index (χ0) is 15.1. The van der Waals surface area contributed by atoms with E-state index in [0.717, 1.165) is 16.1 Å². The molecule has 2 N–H and O–H groups in total. The van der Waals surface area contributed by atoms with Gasteiger partial charge in [-0.05, 0) is 30.5 Å². The van der Waals surface area contributed by atoms with Crippen LogP contribution in [0.1, 0.15) is 32.9 Å². The molecule has 5 heteroatoms. The third-order valence-corrected chi connectivity index (χ3v) is 3.71. The number of thiophene rings is 1. The average molecular weight is 300 g/mol. The molecule has 1 amide bonds. The number of hydrogen-bond acceptors (Lipinski definition) is 4.